The zero-order valence-corrected chi connectivity index (χ0v) is 16.2. The van der Waals surface area contributed by atoms with Gasteiger partial charge in [-0.1, -0.05) is 25.9 Å². The Morgan fingerprint density at radius 3 is 2.58 bits per heavy atom. The van der Waals surface area contributed by atoms with Gasteiger partial charge >= 0.3 is 0 Å². The summed E-state index contributed by atoms with van der Waals surface area (Å²) in [5, 5.41) is 6.43. The molecule has 2 heterocycles. The maximum Gasteiger partial charge on any atom is 0.245 e. The number of anilines is 1. The summed E-state index contributed by atoms with van der Waals surface area (Å²) in [6.45, 7) is 12.2. The smallest absolute Gasteiger partial charge is 0.245 e. The van der Waals surface area contributed by atoms with Crippen molar-refractivity contribution >= 4 is 17.6 Å². The predicted octanol–water partition coefficient (Wildman–Crippen LogP) is 1.52. The van der Waals surface area contributed by atoms with Crippen LogP contribution in [-0.4, -0.2) is 72.7 Å². The molecule has 0 atom stereocenters. The third kappa shape index (κ3) is 7.13. The second kappa shape index (κ2) is 9.14. The first-order valence-electron chi connectivity index (χ1n) is 9.04. The number of morpholine rings is 1. The van der Waals surface area contributed by atoms with E-state index < -0.39 is 0 Å². The lowest BCUT2D eigenvalue weighted by molar-refractivity contribution is -0.136. The first kappa shape index (κ1) is 20.4. The van der Waals surface area contributed by atoms with Crippen LogP contribution < -0.4 is 5.32 Å². The SMILES string of the molecule is Cc1cc(NC(=O)CN(CCN2CCOCC2)C(=O)CC(C)(C)C)no1. The Morgan fingerprint density at radius 1 is 1.31 bits per heavy atom. The summed E-state index contributed by atoms with van der Waals surface area (Å²) in [6, 6.07) is 1.65. The van der Waals surface area contributed by atoms with Gasteiger partial charge in [0.1, 0.15) is 5.76 Å². The number of hydrogen-bond donors (Lipinski definition) is 1. The van der Waals surface area contributed by atoms with Gasteiger partial charge < -0.3 is 19.5 Å². The van der Waals surface area contributed by atoms with E-state index in [9.17, 15) is 9.59 Å². The molecule has 8 heteroatoms. The molecule has 26 heavy (non-hydrogen) atoms. The van der Waals surface area contributed by atoms with Crippen LogP contribution in [0.5, 0.6) is 0 Å². The van der Waals surface area contributed by atoms with Gasteiger partial charge in [0.25, 0.3) is 0 Å². The Morgan fingerprint density at radius 2 is 2.00 bits per heavy atom. The minimum atomic E-state index is -0.275. The summed E-state index contributed by atoms with van der Waals surface area (Å²) in [6.07, 6.45) is 0.395. The second-order valence-electron chi connectivity index (χ2n) is 7.88. The lowest BCUT2D eigenvalue weighted by Gasteiger charge is -2.31. The summed E-state index contributed by atoms with van der Waals surface area (Å²) in [7, 11) is 0. The van der Waals surface area contributed by atoms with Crippen LogP contribution in [0.25, 0.3) is 0 Å². The van der Waals surface area contributed by atoms with Gasteiger partial charge in [0, 0.05) is 38.7 Å². The molecule has 0 spiro atoms. The summed E-state index contributed by atoms with van der Waals surface area (Å²) in [5.74, 6) is 0.692. The molecule has 146 valence electrons. The van der Waals surface area contributed by atoms with Crippen LogP contribution in [-0.2, 0) is 14.3 Å². The molecule has 1 aromatic heterocycles. The number of nitrogens with zero attached hydrogens (tertiary/aromatic N) is 3. The van der Waals surface area contributed by atoms with Gasteiger partial charge in [0.2, 0.25) is 11.8 Å². The fourth-order valence-electron chi connectivity index (χ4n) is 2.73. The molecule has 2 amide bonds. The third-order valence-electron chi connectivity index (χ3n) is 4.05. The van der Waals surface area contributed by atoms with E-state index >= 15 is 0 Å². The number of amides is 2. The van der Waals surface area contributed by atoms with E-state index in [0.29, 0.717) is 37.8 Å². The van der Waals surface area contributed by atoms with Gasteiger partial charge in [-0.15, -0.1) is 0 Å². The highest BCUT2D eigenvalue weighted by molar-refractivity contribution is 5.93. The number of nitrogens with one attached hydrogen (secondary N) is 1. The minimum absolute atomic E-state index is 0.00512. The Balaban J connectivity index is 1.93. The standard InChI is InChI=1S/C18H30N4O4/c1-14-11-15(20-26-14)19-16(23)13-22(17(24)12-18(2,3)4)6-5-21-7-9-25-10-8-21/h11H,5-10,12-13H2,1-4H3,(H,19,20,23). The number of aromatic nitrogens is 1. The molecule has 1 fully saturated rings. The molecular formula is C18H30N4O4. The van der Waals surface area contributed by atoms with E-state index in [1.54, 1.807) is 17.9 Å². The van der Waals surface area contributed by atoms with E-state index in [1.165, 1.54) is 0 Å². The second-order valence-corrected chi connectivity index (χ2v) is 7.88. The summed E-state index contributed by atoms with van der Waals surface area (Å²) < 4.78 is 10.3. The van der Waals surface area contributed by atoms with Gasteiger partial charge in [-0.3, -0.25) is 14.5 Å². The van der Waals surface area contributed by atoms with Crippen LogP contribution in [0.4, 0.5) is 5.82 Å². The highest BCUT2D eigenvalue weighted by Crippen LogP contribution is 2.20. The normalized spacial score (nSPS) is 15.7. The molecule has 0 aromatic carbocycles. The van der Waals surface area contributed by atoms with Crippen molar-refractivity contribution in [2.75, 3.05) is 51.3 Å². The van der Waals surface area contributed by atoms with Crippen LogP contribution in [0, 0.1) is 12.3 Å². The van der Waals surface area contributed by atoms with Crippen LogP contribution in [0.15, 0.2) is 10.6 Å². The van der Waals surface area contributed by atoms with Gasteiger partial charge in [0.15, 0.2) is 5.82 Å². The molecule has 1 N–H and O–H groups in total. The van der Waals surface area contributed by atoms with Crippen molar-refractivity contribution in [3.8, 4) is 0 Å². The molecule has 0 radical (unpaired) electrons. The minimum Gasteiger partial charge on any atom is -0.379 e. The van der Waals surface area contributed by atoms with Crippen molar-refractivity contribution in [1.82, 2.24) is 15.0 Å². The number of hydrogen-bond acceptors (Lipinski definition) is 6. The van der Waals surface area contributed by atoms with E-state index in [0.717, 1.165) is 19.6 Å². The first-order valence-corrected chi connectivity index (χ1v) is 9.04. The Bertz CT molecular complexity index is 603. The lowest BCUT2D eigenvalue weighted by atomic mass is 9.91. The summed E-state index contributed by atoms with van der Waals surface area (Å²) in [5.41, 5.74) is -0.131. The number of rotatable bonds is 7. The largest absolute Gasteiger partial charge is 0.379 e. The van der Waals surface area contributed by atoms with Crippen molar-refractivity contribution in [2.45, 2.75) is 34.1 Å². The molecule has 1 aliphatic heterocycles. The summed E-state index contributed by atoms with van der Waals surface area (Å²) in [4.78, 5) is 28.9. The highest BCUT2D eigenvalue weighted by atomic mass is 16.5. The number of ether oxygens (including phenoxy) is 1. The summed E-state index contributed by atoms with van der Waals surface area (Å²) >= 11 is 0. The number of carbonyl (C=O) groups is 2. The van der Waals surface area contributed by atoms with Crippen LogP contribution in [0.1, 0.15) is 33.0 Å². The molecular weight excluding hydrogens is 336 g/mol. The Hall–Kier alpha value is -1.93. The molecule has 0 unspecified atom stereocenters. The number of carbonyl (C=O) groups excluding carboxylic acids is 2. The average molecular weight is 366 g/mol. The highest BCUT2D eigenvalue weighted by Gasteiger charge is 2.24. The van der Waals surface area contributed by atoms with Gasteiger partial charge in [-0.25, -0.2) is 0 Å². The molecule has 1 aliphatic rings. The monoisotopic (exact) mass is 366 g/mol. The third-order valence-corrected chi connectivity index (χ3v) is 4.05. The Kier molecular flexibility index (Phi) is 7.16. The molecule has 0 aliphatic carbocycles. The topological polar surface area (TPSA) is 87.9 Å². The molecule has 1 saturated heterocycles. The van der Waals surface area contributed by atoms with Crippen LogP contribution >= 0.6 is 0 Å². The fraction of sp³-hybridized carbons (Fsp3) is 0.722. The van der Waals surface area contributed by atoms with Crippen molar-refractivity contribution in [3.63, 3.8) is 0 Å². The lowest BCUT2D eigenvalue weighted by Crippen LogP contribution is -2.46. The van der Waals surface area contributed by atoms with Gasteiger partial charge in [-0.2, -0.15) is 0 Å². The molecule has 2 rings (SSSR count). The fourth-order valence-corrected chi connectivity index (χ4v) is 2.73. The quantitative estimate of drug-likeness (QED) is 0.787. The van der Waals surface area contributed by atoms with E-state index in [1.807, 2.05) is 20.8 Å². The Labute approximate surface area is 154 Å². The van der Waals surface area contributed by atoms with Crippen molar-refractivity contribution < 1.29 is 18.8 Å². The molecule has 8 nitrogen and oxygen atoms in total. The van der Waals surface area contributed by atoms with Gasteiger partial charge in [0.05, 0.1) is 19.8 Å². The van der Waals surface area contributed by atoms with Crippen LogP contribution in [0.2, 0.25) is 0 Å². The molecule has 0 bridgehead atoms. The van der Waals surface area contributed by atoms with Gasteiger partial charge in [-0.05, 0) is 12.3 Å². The van der Waals surface area contributed by atoms with E-state index in [-0.39, 0.29) is 23.8 Å². The molecule has 0 saturated carbocycles. The number of aryl methyl sites for hydroxylation is 1. The predicted molar refractivity (Wildman–Crippen MR) is 97.8 cm³/mol. The maximum atomic E-state index is 12.7. The zero-order chi connectivity index (χ0) is 19.2. The molecule has 1 aromatic rings. The van der Waals surface area contributed by atoms with Crippen molar-refractivity contribution in [2.24, 2.45) is 5.41 Å². The van der Waals surface area contributed by atoms with Crippen molar-refractivity contribution in [1.29, 1.82) is 0 Å². The first-order chi connectivity index (χ1) is 12.2. The van der Waals surface area contributed by atoms with Crippen LogP contribution in [0.3, 0.4) is 0 Å². The van der Waals surface area contributed by atoms with E-state index in [4.69, 9.17) is 9.26 Å². The maximum absolute atomic E-state index is 12.7. The van der Waals surface area contributed by atoms with E-state index in [2.05, 4.69) is 15.4 Å². The zero-order valence-electron chi connectivity index (χ0n) is 16.2. The van der Waals surface area contributed by atoms with Crippen molar-refractivity contribution in [3.05, 3.63) is 11.8 Å². The average Bonchev–Trinajstić information content (AvgIpc) is 2.95.